The van der Waals surface area contributed by atoms with Crippen LogP contribution in [0.3, 0.4) is 0 Å². The molecule has 0 saturated heterocycles. The van der Waals surface area contributed by atoms with Crippen molar-refractivity contribution in [3.63, 3.8) is 0 Å². The van der Waals surface area contributed by atoms with E-state index in [4.69, 9.17) is 11.6 Å². The molecule has 0 fully saturated rings. The number of hydrogen-bond acceptors (Lipinski definition) is 4. The van der Waals surface area contributed by atoms with Crippen LogP contribution in [-0.2, 0) is 0 Å². The van der Waals surface area contributed by atoms with Crippen molar-refractivity contribution in [3.05, 3.63) is 29.4 Å². The monoisotopic (exact) mass is 322 g/mol. The van der Waals surface area contributed by atoms with Crippen LogP contribution in [0.5, 0.6) is 0 Å². The van der Waals surface area contributed by atoms with E-state index in [1.165, 1.54) is 0 Å². The number of nitrogens with one attached hydrogen (secondary N) is 1. The average molecular weight is 323 g/mol. The molecule has 2 heterocycles. The van der Waals surface area contributed by atoms with Gasteiger partial charge in [0, 0.05) is 18.1 Å². The largest absolute Gasteiger partial charge is 0.370 e. The molecule has 4 nitrogen and oxygen atoms in total. The maximum absolute atomic E-state index is 6.24. The van der Waals surface area contributed by atoms with E-state index in [1.807, 2.05) is 32.0 Å². The molecule has 1 N–H and O–H groups in total. The molecule has 0 aliphatic carbocycles. The number of halogens is 1. The molecule has 122 valence electrons. The summed E-state index contributed by atoms with van der Waals surface area (Å²) in [4.78, 5) is 11.1. The molecule has 0 saturated carbocycles. The Bertz CT molecular complexity index is 555. The summed E-state index contributed by atoms with van der Waals surface area (Å²) in [6, 6.07) is 5.66. The highest BCUT2D eigenvalue weighted by Crippen LogP contribution is 2.23. The maximum atomic E-state index is 6.24. The minimum absolute atomic E-state index is 0.686. The van der Waals surface area contributed by atoms with Crippen molar-refractivity contribution in [1.82, 2.24) is 14.9 Å². The van der Waals surface area contributed by atoms with E-state index in [0.29, 0.717) is 10.7 Å². The van der Waals surface area contributed by atoms with E-state index in [-0.39, 0.29) is 0 Å². The molecular formula is C17H27ClN4. The van der Waals surface area contributed by atoms with E-state index in [0.717, 1.165) is 43.8 Å². The first-order valence-electron chi connectivity index (χ1n) is 8.12. The highest BCUT2D eigenvalue weighted by atomic mass is 35.5. The van der Waals surface area contributed by atoms with Crippen molar-refractivity contribution in [2.24, 2.45) is 0 Å². The van der Waals surface area contributed by atoms with Gasteiger partial charge in [0.15, 0.2) is 5.65 Å². The van der Waals surface area contributed by atoms with Crippen molar-refractivity contribution in [2.45, 2.75) is 34.1 Å². The number of fused-ring (bicyclic) bond motifs is 1. The number of pyridine rings is 2. The first-order valence-corrected chi connectivity index (χ1v) is 8.50. The van der Waals surface area contributed by atoms with Crippen LogP contribution < -0.4 is 5.32 Å². The molecule has 0 atom stereocenters. The zero-order valence-electron chi connectivity index (χ0n) is 14.1. The fraction of sp³-hybridized carbons (Fsp3) is 0.529. The van der Waals surface area contributed by atoms with E-state index in [2.05, 4.69) is 34.0 Å². The van der Waals surface area contributed by atoms with Crippen LogP contribution in [0.1, 0.15) is 34.1 Å². The van der Waals surface area contributed by atoms with Crippen molar-refractivity contribution < 1.29 is 0 Å². The fourth-order valence-electron chi connectivity index (χ4n) is 2.17. The average Bonchev–Trinajstić information content (AvgIpc) is 2.57. The molecule has 2 aromatic rings. The normalized spacial score (nSPS) is 10.5. The number of hydrogen-bond donors (Lipinski definition) is 1. The second kappa shape index (κ2) is 10.4. The van der Waals surface area contributed by atoms with E-state index < -0.39 is 0 Å². The molecule has 22 heavy (non-hydrogen) atoms. The molecule has 0 spiro atoms. The van der Waals surface area contributed by atoms with Gasteiger partial charge in [-0.2, -0.15) is 0 Å². The predicted molar refractivity (Wildman–Crippen MR) is 96.8 cm³/mol. The van der Waals surface area contributed by atoms with E-state index in [9.17, 15) is 0 Å². The summed E-state index contributed by atoms with van der Waals surface area (Å²) in [5.41, 5.74) is 0.686. The molecule has 0 amide bonds. The zero-order valence-corrected chi connectivity index (χ0v) is 14.8. The van der Waals surface area contributed by atoms with Gasteiger partial charge in [0.05, 0.1) is 5.02 Å². The van der Waals surface area contributed by atoms with E-state index >= 15 is 0 Å². The molecule has 2 rings (SSSR count). The fourth-order valence-corrected chi connectivity index (χ4v) is 2.42. The van der Waals surface area contributed by atoms with Crippen LogP contribution in [0.15, 0.2) is 24.4 Å². The van der Waals surface area contributed by atoms with Gasteiger partial charge in [-0.1, -0.05) is 39.3 Å². The minimum Gasteiger partial charge on any atom is -0.370 e. The summed E-state index contributed by atoms with van der Waals surface area (Å²) >= 11 is 6.24. The summed E-state index contributed by atoms with van der Waals surface area (Å²) in [6.45, 7) is 12.6. The third kappa shape index (κ3) is 5.43. The third-order valence-corrected chi connectivity index (χ3v) is 3.70. The summed E-state index contributed by atoms with van der Waals surface area (Å²) in [5, 5.41) is 4.90. The first-order chi connectivity index (χ1) is 10.7. The third-order valence-electron chi connectivity index (χ3n) is 3.39. The molecule has 2 aromatic heterocycles. The van der Waals surface area contributed by atoms with Crippen molar-refractivity contribution in [1.29, 1.82) is 0 Å². The lowest BCUT2D eigenvalue weighted by Gasteiger charge is -2.17. The van der Waals surface area contributed by atoms with Gasteiger partial charge in [-0.05, 0) is 44.3 Å². The predicted octanol–water partition coefficient (Wildman–Crippen LogP) is 4.45. The van der Waals surface area contributed by atoms with Crippen LogP contribution in [0.25, 0.3) is 11.0 Å². The maximum Gasteiger partial charge on any atom is 0.162 e. The quantitative estimate of drug-likeness (QED) is 0.764. The second-order valence-corrected chi connectivity index (χ2v) is 5.08. The van der Waals surface area contributed by atoms with Gasteiger partial charge in [0.2, 0.25) is 0 Å². The van der Waals surface area contributed by atoms with Crippen LogP contribution in [-0.4, -0.2) is 41.0 Å². The van der Waals surface area contributed by atoms with Crippen LogP contribution in [0.2, 0.25) is 5.02 Å². The summed E-state index contributed by atoms with van der Waals surface area (Å²) < 4.78 is 0. The number of rotatable bonds is 7. The summed E-state index contributed by atoms with van der Waals surface area (Å²) in [7, 11) is 0. The van der Waals surface area contributed by atoms with Gasteiger partial charge >= 0.3 is 0 Å². The highest BCUT2D eigenvalue weighted by Gasteiger charge is 2.04. The van der Waals surface area contributed by atoms with Crippen LogP contribution in [0, 0.1) is 0 Å². The van der Waals surface area contributed by atoms with Crippen LogP contribution >= 0.6 is 11.6 Å². The smallest absolute Gasteiger partial charge is 0.162 e. The van der Waals surface area contributed by atoms with Crippen molar-refractivity contribution in [2.75, 3.05) is 31.5 Å². The van der Waals surface area contributed by atoms with Gasteiger partial charge in [0.25, 0.3) is 0 Å². The number of anilines is 1. The lowest BCUT2D eigenvalue weighted by molar-refractivity contribution is 0.303. The molecule has 0 aliphatic heterocycles. The lowest BCUT2D eigenvalue weighted by Crippen LogP contribution is -2.25. The number of nitrogens with zero attached hydrogens (tertiary/aromatic N) is 3. The molecular weight excluding hydrogens is 296 g/mol. The van der Waals surface area contributed by atoms with Crippen molar-refractivity contribution in [3.8, 4) is 0 Å². The molecule has 5 heteroatoms. The Labute approximate surface area is 138 Å². The highest BCUT2D eigenvalue weighted by molar-refractivity contribution is 6.35. The molecule has 0 aromatic carbocycles. The Morgan fingerprint density at radius 3 is 2.64 bits per heavy atom. The van der Waals surface area contributed by atoms with Crippen LogP contribution in [0.4, 0.5) is 5.82 Å². The molecule has 0 bridgehead atoms. The van der Waals surface area contributed by atoms with Gasteiger partial charge < -0.3 is 10.2 Å². The Morgan fingerprint density at radius 1 is 1.23 bits per heavy atom. The molecule has 0 aliphatic rings. The van der Waals surface area contributed by atoms with Gasteiger partial charge in [-0.3, -0.25) is 0 Å². The lowest BCUT2D eigenvalue weighted by atomic mass is 10.3. The minimum atomic E-state index is 0.686. The summed E-state index contributed by atoms with van der Waals surface area (Å²) in [5.74, 6) is 0.792. The Hall–Kier alpha value is -1.39. The van der Waals surface area contributed by atoms with Gasteiger partial charge in [-0.25, -0.2) is 9.97 Å². The topological polar surface area (TPSA) is 41.0 Å². The van der Waals surface area contributed by atoms with E-state index in [1.54, 1.807) is 6.20 Å². The van der Waals surface area contributed by atoms with Crippen molar-refractivity contribution >= 4 is 28.5 Å². The second-order valence-electron chi connectivity index (χ2n) is 4.67. The van der Waals surface area contributed by atoms with Gasteiger partial charge in [0.1, 0.15) is 5.82 Å². The Kier molecular flexibility index (Phi) is 8.78. The van der Waals surface area contributed by atoms with Gasteiger partial charge in [-0.15, -0.1) is 0 Å². The SMILES string of the molecule is CC.CCN(CC)CCCNc1cc(Cl)c2cccnc2n1. The Balaban J connectivity index is 0.00000116. The molecule has 0 unspecified atom stereocenters. The summed E-state index contributed by atoms with van der Waals surface area (Å²) in [6.07, 6.45) is 2.82. The number of aromatic nitrogens is 2. The zero-order chi connectivity index (χ0) is 16.4. The first kappa shape index (κ1) is 18.7. The standard InChI is InChI=1S/C15H21ClN4.C2H6/c1-3-20(4-2)10-6-9-17-14-11-13(16)12-7-5-8-18-15(12)19-14;1-2/h5,7-8,11H,3-4,6,9-10H2,1-2H3,(H,17,18,19);1-2H3. The molecule has 0 radical (unpaired) electrons. The Morgan fingerprint density at radius 2 is 1.95 bits per heavy atom.